The summed E-state index contributed by atoms with van der Waals surface area (Å²) in [7, 11) is 3.09. The smallest absolute Gasteiger partial charge is 0.407 e. The van der Waals surface area contributed by atoms with Gasteiger partial charge in [0.05, 0.1) is 37.1 Å². The van der Waals surface area contributed by atoms with Gasteiger partial charge in [-0.05, 0) is 69.5 Å². The van der Waals surface area contributed by atoms with Crippen molar-refractivity contribution in [2.75, 3.05) is 51.8 Å². The van der Waals surface area contributed by atoms with Crippen molar-refractivity contribution in [3.05, 3.63) is 89.0 Å². The summed E-state index contributed by atoms with van der Waals surface area (Å²) in [6.45, 7) is 10.9. The first-order chi connectivity index (χ1) is 22.0. The van der Waals surface area contributed by atoms with Crippen molar-refractivity contribution in [3.63, 3.8) is 0 Å². The maximum Gasteiger partial charge on any atom is 0.407 e. The zero-order valence-corrected chi connectivity index (χ0v) is 27.5. The van der Waals surface area contributed by atoms with E-state index in [2.05, 4.69) is 46.3 Å². The van der Waals surface area contributed by atoms with E-state index in [1.165, 1.54) is 17.6 Å². The normalized spacial score (nSPS) is 16.6. The van der Waals surface area contributed by atoms with Crippen molar-refractivity contribution in [2.45, 2.75) is 51.8 Å². The zero-order chi connectivity index (χ0) is 33.0. The maximum absolute atomic E-state index is 14.3. The first-order valence-electron chi connectivity index (χ1n) is 15.8. The van der Waals surface area contributed by atoms with Crippen LogP contribution in [-0.2, 0) is 4.74 Å². The summed E-state index contributed by atoms with van der Waals surface area (Å²) in [4.78, 5) is 46.7. The molecule has 3 amide bonds. The summed E-state index contributed by atoms with van der Waals surface area (Å²) < 4.78 is 16.4. The fourth-order valence-corrected chi connectivity index (χ4v) is 6.25. The van der Waals surface area contributed by atoms with E-state index in [1.54, 1.807) is 46.1 Å². The number of amides is 3. The highest BCUT2D eigenvalue weighted by atomic mass is 16.6. The molecule has 0 saturated carbocycles. The van der Waals surface area contributed by atoms with Crippen LogP contribution in [0.3, 0.4) is 0 Å². The van der Waals surface area contributed by atoms with Crippen LogP contribution in [0.15, 0.2) is 66.7 Å². The van der Waals surface area contributed by atoms with Crippen LogP contribution in [0.5, 0.6) is 11.5 Å². The van der Waals surface area contributed by atoms with Gasteiger partial charge in [0.1, 0.15) is 5.60 Å². The van der Waals surface area contributed by atoms with Gasteiger partial charge in [-0.1, -0.05) is 42.5 Å². The average Bonchev–Trinajstić information content (AvgIpc) is 3.31. The Morgan fingerprint density at radius 2 is 1.54 bits per heavy atom. The monoisotopic (exact) mass is 628 g/mol. The Bertz CT molecular complexity index is 1560. The van der Waals surface area contributed by atoms with Crippen molar-refractivity contribution in [2.24, 2.45) is 0 Å². The number of rotatable bonds is 10. The van der Waals surface area contributed by atoms with Crippen LogP contribution in [0, 0.1) is 0 Å². The number of hydrogen-bond donors (Lipinski definition) is 1. The van der Waals surface area contributed by atoms with Gasteiger partial charge >= 0.3 is 6.09 Å². The van der Waals surface area contributed by atoms with Gasteiger partial charge in [-0.15, -0.1) is 0 Å². The molecular formula is C36H44N4O6. The minimum absolute atomic E-state index is 0.176. The number of alkyl carbamates (subject to hydrolysis) is 1. The topological polar surface area (TPSA) is 101 Å². The molecule has 2 unspecified atom stereocenters. The number of carbonyl (C=O) groups excluding carboxylic acids is 3. The summed E-state index contributed by atoms with van der Waals surface area (Å²) in [6.07, 6.45) is -0.296. The van der Waals surface area contributed by atoms with E-state index >= 15 is 0 Å². The minimum atomic E-state index is -0.682. The lowest BCUT2D eigenvalue weighted by atomic mass is 10.0. The Labute approximate surface area is 271 Å². The molecule has 5 rings (SSSR count). The number of nitrogens with one attached hydrogen (secondary N) is 1. The predicted octanol–water partition coefficient (Wildman–Crippen LogP) is 5.84. The standard InChI is InChI=1S/C36H44N4O6/c1-24(25-11-8-7-9-12-25)38-19-21-39(22-20-38)29-14-10-13-27-32(29)34(42)40(33(27)41)28(17-18-37-35(43)46-36(2,3)4)26-15-16-30(44-5)31(23-26)45-6/h7-16,23-24,28H,17-22H2,1-6H3,(H,37,43). The SMILES string of the molecule is COc1ccc(C(CCNC(=O)OC(C)(C)C)N2C(=O)c3cccc(N4CCN(C(C)c5ccccc5)CC4)c3C2=O)cc1OC. The van der Waals surface area contributed by atoms with Gasteiger partial charge in [0.15, 0.2) is 11.5 Å². The Morgan fingerprint density at radius 3 is 2.20 bits per heavy atom. The Balaban J connectivity index is 1.39. The second kappa shape index (κ2) is 13.8. The Morgan fingerprint density at radius 1 is 0.848 bits per heavy atom. The number of carbonyl (C=O) groups is 3. The van der Waals surface area contributed by atoms with Gasteiger partial charge in [0.2, 0.25) is 0 Å². The molecule has 2 atom stereocenters. The molecule has 0 aromatic heterocycles. The second-order valence-corrected chi connectivity index (χ2v) is 12.6. The van der Waals surface area contributed by atoms with Crippen LogP contribution in [0.4, 0.5) is 10.5 Å². The molecule has 2 aliphatic rings. The molecule has 244 valence electrons. The van der Waals surface area contributed by atoms with Gasteiger partial charge in [0, 0.05) is 38.8 Å². The van der Waals surface area contributed by atoms with Gasteiger partial charge in [-0.25, -0.2) is 4.79 Å². The van der Waals surface area contributed by atoms with E-state index < -0.39 is 17.7 Å². The van der Waals surface area contributed by atoms with E-state index in [1.807, 2.05) is 24.3 Å². The summed E-state index contributed by atoms with van der Waals surface area (Å²) in [5.41, 5.74) is 2.87. The van der Waals surface area contributed by atoms with Gasteiger partial charge in [-0.3, -0.25) is 19.4 Å². The molecule has 0 spiro atoms. The number of anilines is 1. The molecule has 1 fully saturated rings. The van der Waals surface area contributed by atoms with Crippen LogP contribution < -0.4 is 19.7 Å². The summed E-state index contributed by atoms with van der Waals surface area (Å²) >= 11 is 0. The van der Waals surface area contributed by atoms with Crippen molar-refractivity contribution >= 4 is 23.6 Å². The van der Waals surface area contributed by atoms with E-state index in [0.29, 0.717) is 28.2 Å². The van der Waals surface area contributed by atoms with Crippen molar-refractivity contribution < 1.29 is 28.6 Å². The number of imide groups is 1. The lowest BCUT2D eigenvalue weighted by molar-refractivity contribution is 0.0517. The van der Waals surface area contributed by atoms with E-state index in [-0.39, 0.29) is 30.8 Å². The summed E-state index contributed by atoms with van der Waals surface area (Å²) in [5, 5.41) is 2.77. The molecule has 10 nitrogen and oxygen atoms in total. The van der Waals surface area contributed by atoms with E-state index in [0.717, 1.165) is 31.9 Å². The summed E-state index contributed by atoms with van der Waals surface area (Å²) in [5.74, 6) is 0.287. The van der Waals surface area contributed by atoms with Crippen LogP contribution in [0.1, 0.15) is 78.0 Å². The van der Waals surface area contributed by atoms with Gasteiger partial charge < -0.3 is 24.4 Å². The zero-order valence-electron chi connectivity index (χ0n) is 27.5. The minimum Gasteiger partial charge on any atom is -0.493 e. The fourth-order valence-electron chi connectivity index (χ4n) is 6.25. The third kappa shape index (κ3) is 6.97. The van der Waals surface area contributed by atoms with Crippen molar-refractivity contribution in [3.8, 4) is 11.5 Å². The molecule has 3 aromatic rings. The third-order valence-electron chi connectivity index (χ3n) is 8.60. The number of benzene rings is 3. The first-order valence-corrected chi connectivity index (χ1v) is 15.8. The van der Waals surface area contributed by atoms with Crippen LogP contribution in [-0.4, -0.2) is 80.3 Å². The van der Waals surface area contributed by atoms with Crippen LogP contribution >= 0.6 is 0 Å². The molecule has 1 N–H and O–H groups in total. The molecule has 3 aromatic carbocycles. The Kier molecular flexibility index (Phi) is 9.86. The highest BCUT2D eigenvalue weighted by Gasteiger charge is 2.43. The number of methoxy groups -OCH3 is 2. The average molecular weight is 629 g/mol. The molecule has 46 heavy (non-hydrogen) atoms. The van der Waals surface area contributed by atoms with Gasteiger partial charge in [-0.2, -0.15) is 0 Å². The third-order valence-corrected chi connectivity index (χ3v) is 8.60. The number of nitrogens with zero attached hydrogens (tertiary/aromatic N) is 3. The maximum atomic E-state index is 14.3. The lowest BCUT2D eigenvalue weighted by Crippen LogP contribution is -2.47. The largest absolute Gasteiger partial charge is 0.493 e. The number of piperazine rings is 1. The molecule has 2 heterocycles. The lowest BCUT2D eigenvalue weighted by Gasteiger charge is -2.39. The molecule has 0 bridgehead atoms. The quantitative estimate of drug-likeness (QED) is 0.280. The van der Waals surface area contributed by atoms with E-state index in [9.17, 15) is 14.4 Å². The second-order valence-electron chi connectivity index (χ2n) is 12.6. The first kappa shape index (κ1) is 32.8. The number of ether oxygens (including phenoxy) is 3. The van der Waals surface area contributed by atoms with E-state index in [4.69, 9.17) is 14.2 Å². The highest BCUT2D eigenvalue weighted by Crippen LogP contribution is 2.40. The van der Waals surface area contributed by atoms with Crippen LogP contribution in [0.2, 0.25) is 0 Å². The molecular weight excluding hydrogens is 584 g/mol. The Hall–Kier alpha value is -4.57. The summed E-state index contributed by atoms with van der Waals surface area (Å²) in [6, 6.07) is 20.9. The molecule has 0 radical (unpaired) electrons. The fraction of sp³-hybridized carbons (Fsp3) is 0.417. The molecule has 10 heteroatoms. The van der Waals surface area contributed by atoms with Gasteiger partial charge in [0.25, 0.3) is 11.8 Å². The predicted molar refractivity (Wildman–Crippen MR) is 177 cm³/mol. The van der Waals surface area contributed by atoms with Crippen LogP contribution in [0.25, 0.3) is 0 Å². The number of fused-ring (bicyclic) bond motifs is 1. The molecule has 2 aliphatic heterocycles. The highest BCUT2D eigenvalue weighted by molar-refractivity contribution is 6.24. The van der Waals surface area contributed by atoms with Crippen molar-refractivity contribution in [1.29, 1.82) is 0 Å². The molecule has 1 saturated heterocycles. The van der Waals surface area contributed by atoms with Crippen molar-refractivity contribution in [1.82, 2.24) is 15.1 Å². The molecule has 0 aliphatic carbocycles. The number of hydrogen-bond acceptors (Lipinski definition) is 8.